The number of hydrogen-bond acceptors (Lipinski definition) is 5. The van der Waals surface area contributed by atoms with Crippen LogP contribution in [-0.2, 0) is 32.2 Å². The molecule has 0 aromatic heterocycles. The number of ether oxygens (including phenoxy) is 3. The van der Waals surface area contributed by atoms with E-state index < -0.39 is 37.4 Å². The van der Waals surface area contributed by atoms with Gasteiger partial charge in [-0.15, -0.1) is 0 Å². The van der Waals surface area contributed by atoms with E-state index in [2.05, 4.69) is 0 Å². The zero-order valence-electron chi connectivity index (χ0n) is 17.4. The van der Waals surface area contributed by atoms with Crippen LogP contribution in [0.2, 0.25) is 0 Å². The van der Waals surface area contributed by atoms with E-state index in [1.165, 1.54) is 13.2 Å². The summed E-state index contributed by atoms with van der Waals surface area (Å²) in [7, 11) is 1.24. The van der Waals surface area contributed by atoms with Crippen LogP contribution in [0.3, 0.4) is 0 Å². The third-order valence-electron chi connectivity index (χ3n) is 4.68. The van der Waals surface area contributed by atoms with E-state index >= 15 is 0 Å². The number of esters is 1. The summed E-state index contributed by atoms with van der Waals surface area (Å²) in [5.74, 6) is -1.16. The number of hydrogen-bond donors (Lipinski definition) is 1. The Bertz CT molecular complexity index is 779. The van der Waals surface area contributed by atoms with Crippen molar-refractivity contribution in [3.05, 3.63) is 83.4 Å². The Morgan fingerprint density at radius 3 is 2.00 bits per heavy atom. The van der Waals surface area contributed by atoms with Crippen molar-refractivity contribution in [1.82, 2.24) is 0 Å². The standard InChI is InChI=1S/C24H29FO5/c1-18(14-25)23(30-17-20-11-7-4-8-12-20)22(13-21(15-26)24(27)28-2)29-16-19-9-5-3-6-10-19/h3-13,18,22-23,26H,14-17H2,1-2H3/t18?,22-,23?/m0/s1. The van der Waals surface area contributed by atoms with Crippen LogP contribution in [-0.4, -0.2) is 43.7 Å². The van der Waals surface area contributed by atoms with Crippen LogP contribution >= 0.6 is 0 Å². The Kier molecular flexibility index (Phi) is 10.2. The van der Waals surface area contributed by atoms with Gasteiger partial charge in [-0.2, -0.15) is 0 Å². The van der Waals surface area contributed by atoms with Gasteiger partial charge < -0.3 is 19.3 Å². The maximum Gasteiger partial charge on any atom is 0.335 e. The van der Waals surface area contributed by atoms with Crippen molar-refractivity contribution in [2.45, 2.75) is 32.3 Å². The van der Waals surface area contributed by atoms with Gasteiger partial charge >= 0.3 is 5.97 Å². The lowest BCUT2D eigenvalue weighted by atomic mass is 9.98. The van der Waals surface area contributed by atoms with Gasteiger partial charge in [0.1, 0.15) is 6.10 Å². The number of carbonyl (C=O) groups is 1. The number of carbonyl (C=O) groups excluding carboxylic acids is 1. The molecule has 0 heterocycles. The fraction of sp³-hybridized carbons (Fsp3) is 0.375. The normalized spacial score (nSPS) is 14.7. The quantitative estimate of drug-likeness (QED) is 0.421. The first kappa shape index (κ1) is 23.7. The molecule has 0 fully saturated rings. The van der Waals surface area contributed by atoms with Crippen molar-refractivity contribution in [3.63, 3.8) is 0 Å². The van der Waals surface area contributed by atoms with Gasteiger partial charge in [0.2, 0.25) is 0 Å². The third-order valence-corrected chi connectivity index (χ3v) is 4.68. The molecule has 0 saturated heterocycles. The van der Waals surface area contributed by atoms with E-state index in [-0.39, 0.29) is 18.8 Å². The monoisotopic (exact) mass is 416 g/mol. The van der Waals surface area contributed by atoms with Crippen LogP contribution in [0, 0.1) is 5.92 Å². The van der Waals surface area contributed by atoms with E-state index in [9.17, 15) is 14.3 Å². The number of aliphatic hydroxyl groups is 1. The number of benzene rings is 2. The van der Waals surface area contributed by atoms with Crippen molar-refractivity contribution in [2.75, 3.05) is 20.4 Å². The summed E-state index contributed by atoms with van der Waals surface area (Å²) in [4.78, 5) is 12.0. The summed E-state index contributed by atoms with van der Waals surface area (Å²) in [6.07, 6.45) is 0.0300. The maximum atomic E-state index is 13.6. The fourth-order valence-electron chi connectivity index (χ4n) is 2.96. The zero-order chi connectivity index (χ0) is 21.8. The predicted octanol–water partition coefficient (Wildman–Crippen LogP) is 3.85. The van der Waals surface area contributed by atoms with Gasteiger partial charge in [-0.25, -0.2) is 4.79 Å². The number of alkyl halides is 1. The van der Waals surface area contributed by atoms with E-state index in [0.29, 0.717) is 0 Å². The summed E-state index contributed by atoms with van der Waals surface area (Å²) in [6.45, 7) is 1.09. The molecule has 30 heavy (non-hydrogen) atoms. The van der Waals surface area contributed by atoms with Gasteiger partial charge in [0.05, 0.1) is 45.3 Å². The molecule has 6 heteroatoms. The molecule has 2 unspecified atom stereocenters. The van der Waals surface area contributed by atoms with Gasteiger partial charge in [0, 0.05) is 5.92 Å². The number of aliphatic hydroxyl groups excluding tert-OH is 1. The largest absolute Gasteiger partial charge is 0.466 e. The van der Waals surface area contributed by atoms with E-state index in [1.807, 2.05) is 60.7 Å². The van der Waals surface area contributed by atoms with Gasteiger partial charge in [-0.1, -0.05) is 67.6 Å². The summed E-state index contributed by atoms with van der Waals surface area (Å²) >= 11 is 0. The third kappa shape index (κ3) is 7.37. The maximum absolute atomic E-state index is 13.6. The molecule has 5 nitrogen and oxygen atoms in total. The first-order valence-electron chi connectivity index (χ1n) is 9.86. The second kappa shape index (κ2) is 12.9. The minimum absolute atomic E-state index is 0.0370. The van der Waals surface area contributed by atoms with Crippen LogP contribution in [0.1, 0.15) is 18.1 Å². The van der Waals surface area contributed by atoms with Gasteiger partial charge in [-0.3, -0.25) is 4.39 Å². The topological polar surface area (TPSA) is 65.0 Å². The van der Waals surface area contributed by atoms with Gasteiger partial charge in [0.15, 0.2) is 0 Å². The number of methoxy groups -OCH3 is 1. The van der Waals surface area contributed by atoms with Gasteiger partial charge in [-0.05, 0) is 17.2 Å². The van der Waals surface area contributed by atoms with Crippen LogP contribution in [0.5, 0.6) is 0 Å². The zero-order valence-corrected chi connectivity index (χ0v) is 17.4. The highest BCUT2D eigenvalue weighted by atomic mass is 19.1. The summed E-state index contributed by atoms with van der Waals surface area (Å²) < 4.78 is 30.4. The SMILES string of the molecule is COC(=O)C(=C[C@H](OCc1ccccc1)C(OCc1ccccc1)C(C)CF)CO. The molecule has 0 aliphatic rings. The minimum Gasteiger partial charge on any atom is -0.466 e. The van der Waals surface area contributed by atoms with Crippen LogP contribution < -0.4 is 0 Å². The molecular formula is C24H29FO5. The predicted molar refractivity (Wildman–Crippen MR) is 112 cm³/mol. The van der Waals surface area contributed by atoms with Crippen LogP contribution in [0.4, 0.5) is 4.39 Å². The van der Waals surface area contributed by atoms with Crippen molar-refractivity contribution in [1.29, 1.82) is 0 Å². The van der Waals surface area contributed by atoms with Crippen molar-refractivity contribution in [2.24, 2.45) is 5.92 Å². The Morgan fingerprint density at radius 2 is 1.53 bits per heavy atom. The molecule has 2 rings (SSSR count). The Balaban J connectivity index is 2.27. The summed E-state index contributed by atoms with van der Waals surface area (Å²) in [6, 6.07) is 19.0. The average Bonchev–Trinajstić information content (AvgIpc) is 2.80. The highest BCUT2D eigenvalue weighted by Gasteiger charge is 2.29. The van der Waals surface area contributed by atoms with Crippen LogP contribution in [0.15, 0.2) is 72.3 Å². The molecule has 1 N–H and O–H groups in total. The smallest absolute Gasteiger partial charge is 0.335 e. The lowest BCUT2D eigenvalue weighted by Gasteiger charge is -2.29. The van der Waals surface area contributed by atoms with E-state index in [4.69, 9.17) is 14.2 Å². The highest BCUT2D eigenvalue weighted by Crippen LogP contribution is 2.21. The van der Waals surface area contributed by atoms with Crippen molar-refractivity contribution < 1.29 is 28.5 Å². The minimum atomic E-state index is -0.763. The molecule has 0 bridgehead atoms. The van der Waals surface area contributed by atoms with E-state index in [1.54, 1.807) is 6.92 Å². The second-order valence-electron chi connectivity index (χ2n) is 7.00. The Morgan fingerprint density at radius 1 is 1.00 bits per heavy atom. The molecule has 0 saturated carbocycles. The van der Waals surface area contributed by atoms with Crippen molar-refractivity contribution >= 4 is 5.97 Å². The van der Waals surface area contributed by atoms with Gasteiger partial charge in [0.25, 0.3) is 0 Å². The molecule has 162 valence electrons. The molecule has 0 aliphatic heterocycles. The Labute approximate surface area is 177 Å². The molecule has 2 aromatic carbocycles. The van der Waals surface area contributed by atoms with E-state index in [0.717, 1.165) is 11.1 Å². The molecule has 2 aromatic rings. The van der Waals surface area contributed by atoms with Crippen molar-refractivity contribution in [3.8, 4) is 0 Å². The molecule has 0 spiro atoms. The lowest BCUT2D eigenvalue weighted by molar-refractivity contribution is -0.136. The molecule has 0 amide bonds. The highest BCUT2D eigenvalue weighted by molar-refractivity contribution is 5.88. The lowest BCUT2D eigenvalue weighted by Crippen LogP contribution is -2.37. The number of rotatable bonds is 12. The first-order chi connectivity index (χ1) is 14.6. The molecule has 0 aliphatic carbocycles. The molecule has 3 atom stereocenters. The number of halogens is 1. The van der Waals surface area contributed by atoms with Crippen LogP contribution in [0.25, 0.3) is 0 Å². The first-order valence-corrected chi connectivity index (χ1v) is 9.86. The average molecular weight is 416 g/mol. The molecular weight excluding hydrogens is 387 g/mol. The molecule has 0 radical (unpaired) electrons. The summed E-state index contributed by atoms with van der Waals surface area (Å²) in [5.41, 5.74) is 1.90. The second-order valence-corrected chi connectivity index (χ2v) is 7.00. The Hall–Kier alpha value is -2.54. The fourth-order valence-corrected chi connectivity index (χ4v) is 2.96. The summed E-state index contributed by atoms with van der Waals surface area (Å²) in [5, 5.41) is 9.61.